The first-order valence-corrected chi connectivity index (χ1v) is 9.29. The molecule has 0 aromatic rings. The average Bonchev–Trinajstić information content (AvgIpc) is 2.51. The molecular weight excluding hydrogens is 392 g/mol. The van der Waals surface area contributed by atoms with Crippen molar-refractivity contribution in [1.82, 2.24) is 4.90 Å². The van der Waals surface area contributed by atoms with Crippen molar-refractivity contribution in [2.24, 2.45) is 0 Å². The molecule has 122 valence electrons. The fourth-order valence-electron chi connectivity index (χ4n) is 3.07. The van der Waals surface area contributed by atoms with E-state index in [4.69, 9.17) is 0 Å². The van der Waals surface area contributed by atoms with E-state index in [1.807, 2.05) is 0 Å². The molecule has 3 atom stereocenters. The molecule has 5 nitrogen and oxygen atoms in total. The zero-order chi connectivity index (χ0) is 15.0. The Morgan fingerprint density at radius 3 is 2.68 bits per heavy atom. The second-order valence-corrected chi connectivity index (χ2v) is 7.58. The number of hydrogen-bond donors (Lipinski definition) is 2. The highest BCUT2D eigenvalue weighted by Crippen LogP contribution is 2.40. The SMILES string of the molecule is O=C(O)C1=CC(CBr)S[C@@H]2[C@H]([NH+]=C3CCCCC3)C(=O)N12.[Cl-]. The molecule has 0 radical (unpaired) electrons. The molecule has 3 aliphatic rings. The van der Waals surface area contributed by atoms with E-state index in [1.165, 1.54) is 29.9 Å². The van der Waals surface area contributed by atoms with Crippen molar-refractivity contribution in [3.05, 3.63) is 11.8 Å². The average molecular weight is 410 g/mol. The summed E-state index contributed by atoms with van der Waals surface area (Å²) in [5.41, 5.74) is 1.38. The number of halogens is 2. The fraction of sp³-hybridized carbons (Fsp3) is 0.643. The van der Waals surface area contributed by atoms with Gasteiger partial charge in [0.15, 0.2) is 11.1 Å². The lowest BCUT2D eigenvalue weighted by molar-refractivity contribution is -0.505. The summed E-state index contributed by atoms with van der Waals surface area (Å²) in [6.07, 6.45) is 7.34. The maximum absolute atomic E-state index is 12.3. The Morgan fingerprint density at radius 1 is 1.41 bits per heavy atom. The molecule has 2 aliphatic heterocycles. The summed E-state index contributed by atoms with van der Waals surface area (Å²) in [5, 5.41) is 9.96. The first-order chi connectivity index (χ1) is 10.1. The molecule has 2 fully saturated rings. The summed E-state index contributed by atoms with van der Waals surface area (Å²) in [6.45, 7) is 0. The lowest BCUT2D eigenvalue weighted by Crippen LogP contribution is -3.00. The molecule has 0 aromatic carbocycles. The summed E-state index contributed by atoms with van der Waals surface area (Å²) in [6, 6.07) is -0.271. The summed E-state index contributed by atoms with van der Waals surface area (Å²) >= 11 is 5.05. The molecular formula is C14H18BrClN2O3S. The molecule has 3 rings (SSSR count). The Labute approximate surface area is 148 Å². The smallest absolute Gasteiger partial charge is 0.352 e. The molecule has 8 heteroatoms. The van der Waals surface area contributed by atoms with Gasteiger partial charge in [-0.15, -0.1) is 11.8 Å². The molecule has 1 aliphatic carbocycles. The second-order valence-electron chi connectivity index (χ2n) is 5.57. The van der Waals surface area contributed by atoms with Crippen LogP contribution in [0, 0.1) is 0 Å². The van der Waals surface area contributed by atoms with Crippen molar-refractivity contribution in [2.45, 2.75) is 48.8 Å². The van der Waals surface area contributed by atoms with Crippen LogP contribution in [0.25, 0.3) is 0 Å². The number of β-lactam (4-membered cyclic amide) rings is 1. The van der Waals surface area contributed by atoms with Crippen LogP contribution in [0.15, 0.2) is 11.8 Å². The molecule has 0 spiro atoms. The van der Waals surface area contributed by atoms with Gasteiger partial charge in [0.1, 0.15) is 5.70 Å². The number of thioether (sulfide) groups is 1. The van der Waals surface area contributed by atoms with Crippen LogP contribution < -0.4 is 17.4 Å². The van der Waals surface area contributed by atoms with Crippen LogP contribution in [0.3, 0.4) is 0 Å². The number of carboxylic acid groups (broad SMARTS) is 1. The Morgan fingerprint density at radius 2 is 2.09 bits per heavy atom. The van der Waals surface area contributed by atoms with Gasteiger partial charge in [-0.3, -0.25) is 9.69 Å². The zero-order valence-corrected chi connectivity index (χ0v) is 15.1. The van der Waals surface area contributed by atoms with Gasteiger partial charge in [0, 0.05) is 23.4 Å². The van der Waals surface area contributed by atoms with Crippen molar-refractivity contribution in [2.75, 3.05) is 5.33 Å². The molecule has 1 saturated carbocycles. The minimum absolute atomic E-state index is 0. The maximum Gasteiger partial charge on any atom is 0.352 e. The highest BCUT2D eigenvalue weighted by molar-refractivity contribution is 9.09. The number of nitrogens with zero attached hydrogens (tertiary/aromatic N) is 1. The van der Waals surface area contributed by atoms with Crippen molar-refractivity contribution < 1.29 is 32.1 Å². The van der Waals surface area contributed by atoms with Crippen LogP contribution in [0.4, 0.5) is 0 Å². The number of amides is 1. The topological polar surface area (TPSA) is 71.6 Å². The van der Waals surface area contributed by atoms with Gasteiger partial charge in [0.25, 0.3) is 11.9 Å². The van der Waals surface area contributed by atoms with Crippen molar-refractivity contribution in [3.63, 3.8) is 0 Å². The van der Waals surface area contributed by atoms with Gasteiger partial charge in [-0.1, -0.05) is 22.4 Å². The highest BCUT2D eigenvalue weighted by Gasteiger charge is 2.57. The van der Waals surface area contributed by atoms with E-state index in [9.17, 15) is 14.7 Å². The van der Waals surface area contributed by atoms with Gasteiger partial charge in [0.05, 0.1) is 0 Å². The van der Waals surface area contributed by atoms with E-state index < -0.39 is 5.97 Å². The quantitative estimate of drug-likeness (QED) is 0.399. The Kier molecular flexibility index (Phi) is 5.96. The highest BCUT2D eigenvalue weighted by atomic mass is 79.9. The monoisotopic (exact) mass is 408 g/mol. The molecule has 1 amide bonds. The van der Waals surface area contributed by atoms with Crippen molar-refractivity contribution in [3.8, 4) is 0 Å². The molecule has 2 N–H and O–H groups in total. The van der Waals surface area contributed by atoms with Crippen LogP contribution in [-0.2, 0) is 9.59 Å². The Hall–Kier alpha value is -0.530. The standard InChI is InChI=1S/C14H17BrN2O3S.ClH/c15-7-9-6-10(14(19)20)17-12(18)11(13(17)21-9)16-8-4-2-1-3-5-8;/h6,9,11,13H,1-5,7H2,(H,19,20);1H/t9?,11-,13-;/m1./s1. The normalized spacial score (nSPS) is 30.7. The number of rotatable bonds is 3. The van der Waals surface area contributed by atoms with Gasteiger partial charge >= 0.3 is 5.97 Å². The first kappa shape index (κ1) is 17.8. The summed E-state index contributed by atoms with van der Waals surface area (Å²) in [4.78, 5) is 28.4. The molecule has 0 aromatic heterocycles. The summed E-state index contributed by atoms with van der Waals surface area (Å²) in [7, 11) is 0. The summed E-state index contributed by atoms with van der Waals surface area (Å²) < 4.78 is 0. The van der Waals surface area contributed by atoms with Crippen molar-refractivity contribution >= 4 is 45.3 Å². The van der Waals surface area contributed by atoms with E-state index in [1.54, 1.807) is 17.8 Å². The van der Waals surface area contributed by atoms with Gasteiger partial charge < -0.3 is 17.5 Å². The number of aliphatic carboxylic acids is 1. The number of nitrogens with one attached hydrogen (secondary N) is 1. The van der Waals surface area contributed by atoms with Gasteiger partial charge in [-0.2, -0.15) is 0 Å². The van der Waals surface area contributed by atoms with E-state index in [0.717, 1.165) is 12.8 Å². The van der Waals surface area contributed by atoms with Crippen molar-refractivity contribution in [1.29, 1.82) is 0 Å². The van der Waals surface area contributed by atoms with E-state index >= 15 is 0 Å². The number of hydrogen-bond acceptors (Lipinski definition) is 3. The van der Waals surface area contributed by atoms with Gasteiger partial charge in [-0.25, -0.2) is 9.79 Å². The third-order valence-electron chi connectivity index (χ3n) is 4.15. The Balaban J connectivity index is 0.00000176. The molecule has 22 heavy (non-hydrogen) atoms. The van der Waals surface area contributed by atoms with Crippen LogP contribution in [-0.4, -0.2) is 49.6 Å². The number of fused-ring (bicyclic) bond motifs is 1. The summed E-state index contributed by atoms with van der Waals surface area (Å²) in [5.74, 6) is -1.14. The number of carbonyl (C=O) groups is 2. The minimum atomic E-state index is -1.02. The van der Waals surface area contributed by atoms with Crippen LogP contribution in [0.2, 0.25) is 0 Å². The third kappa shape index (κ3) is 3.21. The largest absolute Gasteiger partial charge is 1.00 e. The minimum Gasteiger partial charge on any atom is -1.00 e. The van der Waals surface area contributed by atoms with E-state index in [-0.39, 0.29) is 40.7 Å². The predicted molar refractivity (Wildman–Crippen MR) is 84.4 cm³/mol. The first-order valence-electron chi connectivity index (χ1n) is 7.22. The lowest BCUT2D eigenvalue weighted by Gasteiger charge is -2.45. The zero-order valence-electron chi connectivity index (χ0n) is 11.9. The number of carboxylic acids is 1. The molecule has 1 saturated heterocycles. The predicted octanol–water partition coefficient (Wildman–Crippen LogP) is -2.51. The van der Waals surface area contributed by atoms with Crippen LogP contribution in [0.1, 0.15) is 32.1 Å². The Bertz CT molecular complexity index is 532. The van der Waals surface area contributed by atoms with E-state index in [0.29, 0.717) is 5.33 Å². The maximum atomic E-state index is 12.3. The second kappa shape index (κ2) is 7.36. The lowest BCUT2D eigenvalue weighted by atomic mass is 9.97. The van der Waals surface area contributed by atoms with Crippen LogP contribution >= 0.6 is 27.7 Å². The van der Waals surface area contributed by atoms with Crippen LogP contribution in [0.5, 0.6) is 0 Å². The molecule has 0 bridgehead atoms. The molecule has 1 unspecified atom stereocenters. The number of alkyl halides is 1. The van der Waals surface area contributed by atoms with Gasteiger partial charge in [-0.05, 0) is 18.9 Å². The van der Waals surface area contributed by atoms with E-state index in [2.05, 4.69) is 20.9 Å². The van der Waals surface area contributed by atoms with Gasteiger partial charge in [0.2, 0.25) is 0 Å². The third-order valence-corrected chi connectivity index (χ3v) is 6.69. The molecule has 2 heterocycles. The fourth-order valence-corrected chi connectivity index (χ4v) is 5.03. The number of carbonyl (C=O) groups excluding carboxylic acids is 1.